The number of nitrogens with zero attached hydrogens (tertiary/aromatic N) is 17. The van der Waals surface area contributed by atoms with Crippen LogP contribution in [0.4, 0.5) is 109 Å². The van der Waals surface area contributed by atoms with Crippen molar-refractivity contribution in [2.45, 2.75) is 25.1 Å². The summed E-state index contributed by atoms with van der Waals surface area (Å²) in [6, 6.07) is 2.34. The van der Waals surface area contributed by atoms with E-state index in [9.17, 15) is 103 Å². The van der Waals surface area contributed by atoms with Gasteiger partial charge in [-0.2, -0.15) is 54.8 Å². The first-order valence-electron chi connectivity index (χ1n) is 30.1. The summed E-state index contributed by atoms with van der Waals surface area (Å²) >= 11 is 16.8. The summed E-state index contributed by atoms with van der Waals surface area (Å²) in [5.74, 6) is -12.9. The molecule has 0 aliphatic rings. The van der Waals surface area contributed by atoms with Gasteiger partial charge < -0.3 is 21.1 Å². The number of pyridine rings is 5. The average Bonchev–Trinajstić information content (AvgIpc) is 1.67. The number of alkyl halides is 9. The summed E-state index contributed by atoms with van der Waals surface area (Å²) < 4.78 is 250. The number of amides is 3. The van der Waals surface area contributed by atoms with Gasteiger partial charge in [0.2, 0.25) is 0 Å². The van der Waals surface area contributed by atoms with E-state index >= 15 is 0 Å². The minimum absolute atomic E-state index is 0.0460. The van der Waals surface area contributed by atoms with Crippen LogP contribution in [-0.2, 0) is 46.2 Å². The molecule has 57 heteroatoms. The Hall–Kier alpha value is -11.2. The normalized spacial score (nSPS) is 10.8. The standard InChI is InChI=1S/C14H8F5N5OS.C14H10F5N5S.C9H4BrF2N3OS.C9H5F2N3OS.C6H2ClF2NO.C5H6BF3N2O2.C3H4N2S.BHNS/c1-24-8(2-10(23-24)14(17,18)19)9-5-21-13(26-9)22-12(25)11-6(15)3-20-4-7(11)16;1-24-10(2-12(23-24)14(17,18)19)11-6-22-13(25-11)21-3-7-8(15)4-20-5-9(7)16;10-6-3-14-9(17-6)15-8(16)7-4(11)1-13-2-5(7)12;10-5-3-12-4-6(11)7(5)8(15)14-9-13-1-2-16-9;7-6(11)5-3(8)1-10-2-4(5)9;1-11-4(6(12)13)2-3(10-11)5(7,8)9;4-3-5-1-2-6-3;1-2-3/h2-5H,1H3,(H,21,22,25);2,4-6H,3H2,1H3,(H,21,22);1-3H,(H,14,15,16);1-4H,(H,13,14,15);1-2H;2,12-13H,1H3;1-2H,(H2,4,5);3H. The Morgan fingerprint density at radius 3 is 1.13 bits per heavy atom. The molecular formula is C60H40B2BrClF19N22O6S6. The van der Waals surface area contributed by atoms with Gasteiger partial charge >= 0.3 is 50.4 Å². The number of anilines is 5. The van der Waals surface area contributed by atoms with E-state index in [2.05, 4.69) is 127 Å². The van der Waals surface area contributed by atoms with Crippen molar-refractivity contribution in [1.29, 1.82) is 0 Å². The summed E-state index contributed by atoms with van der Waals surface area (Å²) in [6.45, 7) is -0.174. The number of aryl methyl sites for hydroxylation is 3. The predicted molar refractivity (Wildman–Crippen MR) is 394 cm³/mol. The van der Waals surface area contributed by atoms with Crippen LogP contribution in [-0.4, -0.2) is 127 Å². The third-order valence-electron chi connectivity index (χ3n) is 13.0. The SMILES string of the molecule is Cn1nc(C(F)(F)F)cc1-c1cnc(NC(=O)c2c(F)cncc2F)s1.Cn1nc(C(F)(F)F)cc1-c1cnc(NCc2c(F)cncc2F)s1.Cn1nc(C(F)(F)F)cc1B(O)O.Nc1nccs1.O=C(Cl)c1c(F)cncc1F.O=C(Nc1ncc(Br)s1)c1c(F)cncc1F.O=C(Nc1nccs1)c1c(F)cncc1F.[B]=NS. The van der Waals surface area contributed by atoms with Crippen LogP contribution in [0.5, 0.6) is 0 Å². The molecule has 0 aromatic carbocycles. The summed E-state index contributed by atoms with van der Waals surface area (Å²) in [5.41, 5.74) is -1.11. The van der Waals surface area contributed by atoms with E-state index in [-0.39, 0.29) is 49.4 Å². The Labute approximate surface area is 681 Å². The number of aromatic nitrogens is 16. The second-order valence-electron chi connectivity index (χ2n) is 20.9. The fourth-order valence-corrected chi connectivity index (χ4v) is 11.9. The number of hydrogen-bond donors (Lipinski definition) is 8. The third-order valence-corrected chi connectivity index (χ3v) is 17.8. The zero-order valence-electron chi connectivity index (χ0n) is 57.5. The number of thiol groups is 1. The molecule has 8 N–H and O–H groups in total. The van der Waals surface area contributed by atoms with Crippen LogP contribution in [0.2, 0.25) is 0 Å². The first kappa shape index (κ1) is 94.7. The van der Waals surface area contributed by atoms with Crippen LogP contribution in [0.15, 0.2) is 130 Å². The van der Waals surface area contributed by atoms with Gasteiger partial charge in [-0.1, -0.05) is 34.0 Å². The molecule has 13 aromatic rings. The van der Waals surface area contributed by atoms with Crippen LogP contribution in [0, 0.1) is 58.2 Å². The second-order valence-corrected chi connectivity index (χ2v) is 27.7. The zero-order chi connectivity index (χ0) is 87.0. The summed E-state index contributed by atoms with van der Waals surface area (Å²) in [5, 5.41) is 40.3. The van der Waals surface area contributed by atoms with Crippen molar-refractivity contribution in [2.24, 2.45) is 25.4 Å². The average molecular weight is 1860 g/mol. The molecule has 13 heterocycles. The Bertz CT molecular complexity index is 5430. The van der Waals surface area contributed by atoms with Crippen molar-refractivity contribution >= 4 is 166 Å². The van der Waals surface area contributed by atoms with Crippen LogP contribution in [0.25, 0.3) is 21.1 Å². The molecule has 615 valence electrons. The molecule has 0 aliphatic carbocycles. The number of carbonyl (C=O) groups excluding carboxylic acids is 4. The molecule has 0 saturated heterocycles. The van der Waals surface area contributed by atoms with Crippen LogP contribution in [0.1, 0.15) is 64.1 Å². The van der Waals surface area contributed by atoms with Crippen LogP contribution < -0.4 is 32.6 Å². The third kappa shape index (κ3) is 28.0. The maximum atomic E-state index is 13.5. The van der Waals surface area contributed by atoms with Gasteiger partial charge in [0.05, 0.1) is 98.7 Å². The van der Waals surface area contributed by atoms with Gasteiger partial charge in [-0.25, -0.2) is 68.8 Å². The van der Waals surface area contributed by atoms with Gasteiger partial charge in [0.15, 0.2) is 89.3 Å². The van der Waals surface area contributed by atoms with Gasteiger partial charge in [0.1, 0.15) is 33.9 Å². The number of nitrogens with one attached hydrogen (secondary N) is 4. The number of carbonyl (C=O) groups is 4. The quantitative estimate of drug-likeness (QED) is 0.0230. The maximum absolute atomic E-state index is 13.5. The van der Waals surface area contributed by atoms with Crippen LogP contribution in [0.3, 0.4) is 0 Å². The number of halogens is 21. The minimum atomic E-state index is -4.60. The topological polar surface area (TPSA) is 378 Å². The fraction of sp³-hybridized carbons (Fsp3) is 0.117. The Balaban J connectivity index is 0.000000218. The first-order chi connectivity index (χ1) is 54.9. The van der Waals surface area contributed by atoms with Crippen molar-refractivity contribution in [2.75, 3.05) is 27.0 Å². The number of nitrogens with two attached hydrogens (primary N) is 1. The molecule has 117 heavy (non-hydrogen) atoms. The first-order valence-corrected chi connectivity index (χ1v) is 35.9. The molecule has 1 radical (unpaired) electrons. The van der Waals surface area contributed by atoms with Crippen molar-refractivity contribution in [1.82, 2.24) is 79.2 Å². The molecule has 0 spiro atoms. The van der Waals surface area contributed by atoms with E-state index in [1.165, 1.54) is 57.3 Å². The molecule has 0 saturated carbocycles. The molecule has 13 aromatic heterocycles. The molecule has 0 aliphatic heterocycles. The Morgan fingerprint density at radius 2 is 0.829 bits per heavy atom. The number of rotatable bonds is 13. The molecule has 3 amide bonds. The monoisotopic (exact) mass is 1850 g/mol. The summed E-state index contributed by atoms with van der Waals surface area (Å²) in [4.78, 5) is 81.7. The van der Waals surface area contributed by atoms with Gasteiger partial charge in [-0.05, 0) is 45.7 Å². The van der Waals surface area contributed by atoms with Gasteiger partial charge in [0.25, 0.3) is 23.0 Å². The van der Waals surface area contributed by atoms with Gasteiger partial charge in [0, 0.05) is 68.8 Å². The number of thiazole rings is 5. The second kappa shape index (κ2) is 43.2. The summed E-state index contributed by atoms with van der Waals surface area (Å²) in [7, 11) is 6.30. The van der Waals surface area contributed by atoms with Crippen molar-refractivity contribution < 1.29 is 113 Å². The molecule has 0 atom stereocenters. The van der Waals surface area contributed by atoms with Gasteiger partial charge in [-0.3, -0.25) is 74.1 Å². The molecule has 13 rings (SSSR count). The van der Waals surface area contributed by atoms with Crippen molar-refractivity contribution in [3.63, 3.8) is 0 Å². The summed E-state index contributed by atoms with van der Waals surface area (Å²) in [6.07, 6.45) is 1.18. The Morgan fingerprint density at radius 1 is 0.496 bits per heavy atom. The van der Waals surface area contributed by atoms with E-state index < -0.39 is 146 Å². The molecule has 0 fully saturated rings. The van der Waals surface area contributed by atoms with Crippen molar-refractivity contribution in [3.8, 4) is 21.1 Å². The molecule has 28 nitrogen and oxygen atoms in total. The van der Waals surface area contributed by atoms with Crippen LogP contribution >= 0.6 is 97.0 Å². The Kier molecular flexibility index (Phi) is 34.9. The molecule has 0 unspecified atom stereocenters. The van der Waals surface area contributed by atoms with E-state index in [1.54, 1.807) is 11.6 Å². The zero-order valence-corrected chi connectivity index (χ0v) is 64.9. The number of hydrogen-bond acceptors (Lipinski definition) is 28. The van der Waals surface area contributed by atoms with E-state index in [0.717, 1.165) is 121 Å². The number of nitrogen functional groups attached to an aromatic ring is 1. The van der Waals surface area contributed by atoms with E-state index in [1.807, 2.05) is 5.38 Å². The van der Waals surface area contributed by atoms with E-state index in [0.29, 0.717) is 37.4 Å². The molecule has 0 bridgehead atoms. The van der Waals surface area contributed by atoms with Gasteiger partial charge in [-0.15, -0.1) is 22.7 Å². The molecular weight excluding hydrogens is 1820 g/mol. The predicted octanol–water partition coefficient (Wildman–Crippen LogP) is 14.0. The van der Waals surface area contributed by atoms with E-state index in [4.69, 9.17) is 27.4 Å². The van der Waals surface area contributed by atoms with Crippen molar-refractivity contribution in [3.05, 3.63) is 229 Å². The fourth-order valence-electron chi connectivity index (χ4n) is 8.02.